The quantitative estimate of drug-likeness (QED) is 0.564. The first-order valence-corrected chi connectivity index (χ1v) is 9.42. The van der Waals surface area contributed by atoms with E-state index in [1.807, 2.05) is 31.2 Å². The topological polar surface area (TPSA) is 78.3 Å². The Bertz CT molecular complexity index is 811. The third-order valence-corrected chi connectivity index (χ3v) is 4.41. The van der Waals surface area contributed by atoms with Crippen molar-refractivity contribution in [1.82, 2.24) is 14.8 Å². The number of hydrogen-bond donors (Lipinski definition) is 1. The Morgan fingerprint density at radius 3 is 2.67 bits per heavy atom. The molecule has 2 aromatic rings. The van der Waals surface area contributed by atoms with Gasteiger partial charge in [-0.25, -0.2) is 9.48 Å². The fourth-order valence-corrected chi connectivity index (χ4v) is 3.02. The largest absolute Gasteiger partial charge is 0.494 e. The van der Waals surface area contributed by atoms with Gasteiger partial charge in [-0.15, -0.1) is 0 Å². The maximum Gasteiger partial charge on any atom is 0.338 e. The van der Waals surface area contributed by atoms with Crippen LogP contribution in [-0.4, -0.2) is 33.9 Å². The van der Waals surface area contributed by atoms with Gasteiger partial charge in [-0.05, 0) is 37.5 Å². The number of carbonyl (C=O) groups is 1. The Labute approximate surface area is 159 Å². The highest BCUT2D eigenvalue weighted by atomic mass is 16.5. The number of unbranched alkanes of at least 4 members (excludes halogenated alkanes) is 1. The first-order valence-electron chi connectivity index (χ1n) is 9.42. The average molecular weight is 370 g/mol. The molecule has 1 atom stereocenters. The maximum atomic E-state index is 12.8. The van der Waals surface area contributed by atoms with E-state index in [4.69, 9.17) is 9.47 Å². The SMILES string of the molecule is CCCCOC(=O)C1=C(C)Nc2ncnn2[C@H]1c1ccc(OCCC)cc1. The Hall–Kier alpha value is -2.83. The van der Waals surface area contributed by atoms with E-state index in [2.05, 4.69) is 29.2 Å². The summed E-state index contributed by atoms with van der Waals surface area (Å²) in [5.74, 6) is 1.08. The van der Waals surface area contributed by atoms with Crippen molar-refractivity contribution >= 4 is 11.9 Å². The molecule has 7 nitrogen and oxygen atoms in total. The molecule has 1 aromatic carbocycles. The predicted molar refractivity (Wildman–Crippen MR) is 103 cm³/mol. The van der Waals surface area contributed by atoms with Crippen molar-refractivity contribution in [2.75, 3.05) is 18.5 Å². The van der Waals surface area contributed by atoms with Gasteiger partial charge >= 0.3 is 5.97 Å². The standard InChI is InChI=1S/C20H26N4O3/c1-4-6-12-27-19(25)17-14(3)23-20-21-13-22-24(20)18(17)15-7-9-16(10-8-15)26-11-5-2/h7-10,13,18H,4-6,11-12H2,1-3H3,(H,21,22,23)/t18-/m0/s1. The Balaban J connectivity index is 1.92. The summed E-state index contributed by atoms with van der Waals surface area (Å²) in [6.07, 6.45) is 4.24. The molecule has 0 fully saturated rings. The highest BCUT2D eigenvalue weighted by Crippen LogP contribution is 2.35. The monoisotopic (exact) mass is 370 g/mol. The van der Waals surface area contributed by atoms with Gasteiger partial charge in [-0.3, -0.25) is 0 Å². The number of nitrogens with one attached hydrogen (secondary N) is 1. The van der Waals surface area contributed by atoms with Crippen molar-refractivity contribution < 1.29 is 14.3 Å². The van der Waals surface area contributed by atoms with E-state index in [0.717, 1.165) is 36.3 Å². The van der Waals surface area contributed by atoms with Crippen molar-refractivity contribution in [2.24, 2.45) is 0 Å². The summed E-state index contributed by atoms with van der Waals surface area (Å²) in [7, 11) is 0. The molecule has 2 heterocycles. The van der Waals surface area contributed by atoms with Crippen molar-refractivity contribution in [1.29, 1.82) is 0 Å². The third-order valence-electron chi connectivity index (χ3n) is 4.41. The molecule has 3 rings (SSSR count). The lowest BCUT2D eigenvalue weighted by Crippen LogP contribution is -2.29. The molecule has 1 N–H and O–H groups in total. The number of rotatable bonds is 8. The number of anilines is 1. The van der Waals surface area contributed by atoms with Gasteiger partial charge in [0.05, 0.1) is 18.8 Å². The molecule has 1 aromatic heterocycles. The Morgan fingerprint density at radius 1 is 1.19 bits per heavy atom. The van der Waals surface area contributed by atoms with E-state index in [0.29, 0.717) is 24.7 Å². The van der Waals surface area contributed by atoms with Gasteiger partial charge in [0.2, 0.25) is 5.95 Å². The van der Waals surface area contributed by atoms with E-state index in [9.17, 15) is 4.79 Å². The number of benzene rings is 1. The van der Waals surface area contributed by atoms with Crippen LogP contribution < -0.4 is 10.1 Å². The fourth-order valence-electron chi connectivity index (χ4n) is 3.02. The number of esters is 1. The number of fused-ring (bicyclic) bond motifs is 1. The molecule has 7 heteroatoms. The van der Waals surface area contributed by atoms with Gasteiger partial charge in [-0.1, -0.05) is 32.4 Å². The highest BCUT2D eigenvalue weighted by molar-refractivity contribution is 5.92. The minimum absolute atomic E-state index is 0.328. The van der Waals surface area contributed by atoms with Crippen LogP contribution in [0.4, 0.5) is 5.95 Å². The number of aromatic nitrogens is 3. The second-order valence-electron chi connectivity index (χ2n) is 6.50. The predicted octanol–water partition coefficient (Wildman–Crippen LogP) is 3.70. The minimum atomic E-state index is -0.391. The molecule has 27 heavy (non-hydrogen) atoms. The smallest absolute Gasteiger partial charge is 0.338 e. The van der Waals surface area contributed by atoms with E-state index >= 15 is 0 Å². The molecule has 0 unspecified atom stereocenters. The zero-order chi connectivity index (χ0) is 19.2. The fraction of sp³-hybridized carbons (Fsp3) is 0.450. The second-order valence-corrected chi connectivity index (χ2v) is 6.50. The molecule has 0 aliphatic carbocycles. The van der Waals surface area contributed by atoms with Crippen molar-refractivity contribution in [3.05, 3.63) is 47.4 Å². The number of nitrogens with zero attached hydrogens (tertiary/aromatic N) is 3. The molecular formula is C20H26N4O3. The van der Waals surface area contributed by atoms with Gasteiger partial charge in [0, 0.05) is 5.70 Å². The normalized spacial score (nSPS) is 15.9. The van der Waals surface area contributed by atoms with Crippen LogP contribution in [0.25, 0.3) is 0 Å². The molecule has 0 spiro atoms. The molecule has 144 valence electrons. The zero-order valence-electron chi connectivity index (χ0n) is 16.1. The average Bonchev–Trinajstić information content (AvgIpc) is 3.13. The summed E-state index contributed by atoms with van der Waals surface area (Å²) in [6, 6.07) is 7.36. The van der Waals surface area contributed by atoms with Gasteiger partial charge < -0.3 is 14.8 Å². The van der Waals surface area contributed by atoms with E-state index in [-0.39, 0.29) is 5.97 Å². The van der Waals surface area contributed by atoms with Crippen LogP contribution in [0.5, 0.6) is 5.75 Å². The summed E-state index contributed by atoms with van der Waals surface area (Å²) in [5.41, 5.74) is 2.20. The van der Waals surface area contributed by atoms with E-state index < -0.39 is 6.04 Å². The Morgan fingerprint density at radius 2 is 1.96 bits per heavy atom. The van der Waals surface area contributed by atoms with Crippen molar-refractivity contribution in [3.8, 4) is 5.75 Å². The van der Waals surface area contributed by atoms with Crippen molar-refractivity contribution in [2.45, 2.75) is 46.1 Å². The van der Waals surface area contributed by atoms with Gasteiger partial charge in [0.1, 0.15) is 18.1 Å². The molecule has 0 saturated heterocycles. The molecule has 1 aliphatic rings. The molecule has 1 aliphatic heterocycles. The van der Waals surface area contributed by atoms with Crippen LogP contribution in [-0.2, 0) is 9.53 Å². The summed E-state index contributed by atoms with van der Waals surface area (Å²) in [6.45, 7) is 7.08. The van der Waals surface area contributed by atoms with E-state index in [1.54, 1.807) is 4.68 Å². The van der Waals surface area contributed by atoms with Crippen molar-refractivity contribution in [3.63, 3.8) is 0 Å². The first kappa shape index (κ1) is 18.9. The summed E-state index contributed by atoms with van der Waals surface area (Å²) in [4.78, 5) is 17.0. The van der Waals surface area contributed by atoms with Gasteiger partial charge in [0.25, 0.3) is 0 Å². The van der Waals surface area contributed by atoms with E-state index in [1.165, 1.54) is 6.33 Å². The number of hydrogen-bond acceptors (Lipinski definition) is 6. The Kier molecular flexibility index (Phi) is 6.11. The lowest BCUT2D eigenvalue weighted by atomic mass is 9.96. The lowest BCUT2D eigenvalue weighted by Gasteiger charge is -2.28. The van der Waals surface area contributed by atoms with Gasteiger partial charge in [-0.2, -0.15) is 10.1 Å². The van der Waals surface area contributed by atoms with Gasteiger partial charge in [0.15, 0.2) is 0 Å². The van der Waals surface area contributed by atoms with Crippen LogP contribution in [0.1, 0.15) is 51.6 Å². The first-order chi connectivity index (χ1) is 13.2. The highest BCUT2D eigenvalue weighted by Gasteiger charge is 2.34. The number of allylic oxidation sites excluding steroid dienone is 1. The van der Waals surface area contributed by atoms with Crippen LogP contribution in [0, 0.1) is 0 Å². The van der Waals surface area contributed by atoms with Crippen LogP contribution in [0.15, 0.2) is 41.9 Å². The van der Waals surface area contributed by atoms with Crippen LogP contribution in [0.2, 0.25) is 0 Å². The lowest BCUT2D eigenvalue weighted by molar-refractivity contribution is -0.139. The molecule has 0 radical (unpaired) electrons. The number of carbonyl (C=O) groups excluding carboxylic acids is 1. The van der Waals surface area contributed by atoms with Crippen LogP contribution in [0.3, 0.4) is 0 Å². The molecule has 0 saturated carbocycles. The summed E-state index contributed by atoms with van der Waals surface area (Å²) < 4.78 is 12.9. The number of ether oxygens (including phenoxy) is 2. The summed E-state index contributed by atoms with van der Waals surface area (Å²) in [5, 5.41) is 7.46. The third kappa shape index (κ3) is 4.13. The molecule has 0 bridgehead atoms. The van der Waals surface area contributed by atoms with Crippen LogP contribution >= 0.6 is 0 Å². The summed E-state index contributed by atoms with van der Waals surface area (Å²) >= 11 is 0. The zero-order valence-corrected chi connectivity index (χ0v) is 16.1. The maximum absolute atomic E-state index is 12.8. The minimum Gasteiger partial charge on any atom is -0.494 e. The molecule has 0 amide bonds. The molecular weight excluding hydrogens is 344 g/mol. The second kappa shape index (κ2) is 8.70.